The minimum Gasteiger partial charge on any atom is -0.330 e. The van der Waals surface area contributed by atoms with E-state index in [0.717, 1.165) is 18.4 Å². The molecule has 1 aliphatic rings. The second kappa shape index (κ2) is 4.45. The standard InChI is InChI=1S/C12H25N/c1-12(2,3)11-6-4-10(5-7-11)8-9-13/h10-11H,4-9,13H2,1-3H3. The van der Waals surface area contributed by atoms with Crippen LogP contribution in [0.5, 0.6) is 0 Å². The van der Waals surface area contributed by atoms with Crippen LogP contribution < -0.4 is 5.73 Å². The Hall–Kier alpha value is -0.0400. The molecule has 13 heavy (non-hydrogen) atoms. The van der Waals surface area contributed by atoms with E-state index < -0.39 is 0 Å². The number of rotatable bonds is 2. The van der Waals surface area contributed by atoms with Gasteiger partial charge < -0.3 is 5.73 Å². The van der Waals surface area contributed by atoms with Crippen LogP contribution in [0, 0.1) is 17.3 Å². The molecule has 2 N–H and O–H groups in total. The monoisotopic (exact) mass is 183 g/mol. The molecule has 0 unspecified atom stereocenters. The first kappa shape index (κ1) is 11.0. The Bertz CT molecular complexity index is 138. The SMILES string of the molecule is CC(C)(C)C1CCC(CCN)CC1. The molecule has 1 nitrogen and oxygen atoms in total. The molecule has 0 heterocycles. The lowest BCUT2D eigenvalue weighted by molar-refractivity contribution is 0.147. The molecule has 0 atom stereocenters. The van der Waals surface area contributed by atoms with Gasteiger partial charge in [0.25, 0.3) is 0 Å². The van der Waals surface area contributed by atoms with E-state index in [1.165, 1.54) is 32.1 Å². The predicted octanol–water partition coefficient (Wildman–Crippen LogP) is 3.19. The van der Waals surface area contributed by atoms with E-state index >= 15 is 0 Å². The average Bonchev–Trinajstić information content (AvgIpc) is 2.04. The molecule has 0 aromatic heterocycles. The molecule has 78 valence electrons. The normalized spacial score (nSPS) is 30.5. The zero-order valence-corrected chi connectivity index (χ0v) is 9.47. The van der Waals surface area contributed by atoms with Crippen LogP contribution in [0.25, 0.3) is 0 Å². The molecular formula is C12H25N. The van der Waals surface area contributed by atoms with E-state index in [9.17, 15) is 0 Å². The lowest BCUT2D eigenvalue weighted by Crippen LogP contribution is -2.26. The van der Waals surface area contributed by atoms with Crippen molar-refractivity contribution in [2.24, 2.45) is 23.0 Å². The molecular weight excluding hydrogens is 158 g/mol. The van der Waals surface area contributed by atoms with Gasteiger partial charge in [0.2, 0.25) is 0 Å². The molecule has 1 rings (SSSR count). The molecule has 0 aliphatic heterocycles. The summed E-state index contributed by atoms with van der Waals surface area (Å²) in [4.78, 5) is 0. The molecule has 0 aromatic rings. The first-order valence-corrected chi connectivity index (χ1v) is 5.74. The zero-order chi connectivity index (χ0) is 9.90. The Morgan fingerprint density at radius 2 is 1.62 bits per heavy atom. The topological polar surface area (TPSA) is 26.0 Å². The second-order valence-electron chi connectivity index (χ2n) is 5.66. The van der Waals surface area contributed by atoms with Crippen LogP contribution in [0.2, 0.25) is 0 Å². The van der Waals surface area contributed by atoms with Crippen LogP contribution in [0.4, 0.5) is 0 Å². The van der Waals surface area contributed by atoms with Crippen molar-refractivity contribution in [1.82, 2.24) is 0 Å². The van der Waals surface area contributed by atoms with Crippen LogP contribution >= 0.6 is 0 Å². The first-order valence-electron chi connectivity index (χ1n) is 5.74. The minimum absolute atomic E-state index is 0.522. The van der Waals surface area contributed by atoms with Gasteiger partial charge in [0.05, 0.1) is 0 Å². The smallest absolute Gasteiger partial charge is 0.00746 e. The van der Waals surface area contributed by atoms with Gasteiger partial charge >= 0.3 is 0 Å². The molecule has 1 heteroatoms. The molecule has 1 saturated carbocycles. The Balaban J connectivity index is 2.30. The maximum Gasteiger partial charge on any atom is -0.00746 e. The van der Waals surface area contributed by atoms with E-state index in [0.29, 0.717) is 5.41 Å². The fourth-order valence-electron chi connectivity index (χ4n) is 2.55. The van der Waals surface area contributed by atoms with Crippen molar-refractivity contribution in [2.75, 3.05) is 6.54 Å². The maximum atomic E-state index is 5.58. The van der Waals surface area contributed by atoms with Gasteiger partial charge in [0.15, 0.2) is 0 Å². The summed E-state index contributed by atoms with van der Waals surface area (Å²) in [5, 5.41) is 0. The van der Waals surface area contributed by atoms with Crippen molar-refractivity contribution >= 4 is 0 Å². The minimum atomic E-state index is 0.522. The second-order valence-corrected chi connectivity index (χ2v) is 5.66. The summed E-state index contributed by atoms with van der Waals surface area (Å²) in [6, 6.07) is 0. The number of hydrogen-bond acceptors (Lipinski definition) is 1. The predicted molar refractivity (Wildman–Crippen MR) is 58.6 cm³/mol. The van der Waals surface area contributed by atoms with Crippen LogP contribution in [-0.4, -0.2) is 6.54 Å². The van der Waals surface area contributed by atoms with Gasteiger partial charge in [-0.25, -0.2) is 0 Å². The lowest BCUT2D eigenvalue weighted by atomic mass is 9.69. The quantitative estimate of drug-likeness (QED) is 0.699. The highest BCUT2D eigenvalue weighted by Crippen LogP contribution is 2.40. The molecule has 0 amide bonds. The van der Waals surface area contributed by atoms with Gasteiger partial charge in [-0.3, -0.25) is 0 Å². The highest BCUT2D eigenvalue weighted by molar-refractivity contribution is 4.80. The van der Waals surface area contributed by atoms with Gasteiger partial charge in [0, 0.05) is 0 Å². The van der Waals surface area contributed by atoms with Crippen LogP contribution in [-0.2, 0) is 0 Å². The number of nitrogens with two attached hydrogens (primary N) is 1. The highest BCUT2D eigenvalue weighted by atomic mass is 14.5. The Morgan fingerprint density at radius 3 is 2.00 bits per heavy atom. The summed E-state index contributed by atoms with van der Waals surface area (Å²) in [7, 11) is 0. The van der Waals surface area contributed by atoms with Crippen molar-refractivity contribution < 1.29 is 0 Å². The molecule has 1 fully saturated rings. The molecule has 0 aromatic carbocycles. The fraction of sp³-hybridized carbons (Fsp3) is 1.00. The molecule has 0 radical (unpaired) electrons. The maximum absolute atomic E-state index is 5.58. The van der Waals surface area contributed by atoms with Crippen molar-refractivity contribution in [1.29, 1.82) is 0 Å². The van der Waals surface area contributed by atoms with Gasteiger partial charge in [-0.05, 0) is 43.1 Å². The summed E-state index contributed by atoms with van der Waals surface area (Å²) in [5.41, 5.74) is 6.10. The number of hydrogen-bond donors (Lipinski definition) is 1. The average molecular weight is 183 g/mol. The third-order valence-electron chi connectivity index (χ3n) is 3.65. The third kappa shape index (κ3) is 3.30. The molecule has 0 saturated heterocycles. The lowest BCUT2D eigenvalue weighted by Gasteiger charge is -2.36. The zero-order valence-electron chi connectivity index (χ0n) is 9.47. The highest BCUT2D eigenvalue weighted by Gasteiger charge is 2.29. The third-order valence-corrected chi connectivity index (χ3v) is 3.65. The summed E-state index contributed by atoms with van der Waals surface area (Å²) >= 11 is 0. The van der Waals surface area contributed by atoms with Gasteiger partial charge in [-0.2, -0.15) is 0 Å². The van der Waals surface area contributed by atoms with E-state index in [1.54, 1.807) is 0 Å². The Labute approximate surface area is 83.1 Å². The largest absolute Gasteiger partial charge is 0.330 e. The Kier molecular flexibility index (Phi) is 3.78. The van der Waals surface area contributed by atoms with Crippen LogP contribution in [0.1, 0.15) is 52.9 Å². The molecule has 0 bridgehead atoms. The molecule has 0 spiro atoms. The summed E-state index contributed by atoms with van der Waals surface area (Å²) < 4.78 is 0. The summed E-state index contributed by atoms with van der Waals surface area (Å²) in [5.74, 6) is 1.88. The van der Waals surface area contributed by atoms with Crippen molar-refractivity contribution in [2.45, 2.75) is 52.9 Å². The molecule has 1 aliphatic carbocycles. The van der Waals surface area contributed by atoms with Gasteiger partial charge in [-0.15, -0.1) is 0 Å². The Morgan fingerprint density at radius 1 is 1.08 bits per heavy atom. The van der Waals surface area contributed by atoms with Crippen molar-refractivity contribution in [3.05, 3.63) is 0 Å². The van der Waals surface area contributed by atoms with Crippen molar-refractivity contribution in [3.8, 4) is 0 Å². The van der Waals surface area contributed by atoms with E-state index in [2.05, 4.69) is 20.8 Å². The van der Waals surface area contributed by atoms with E-state index in [4.69, 9.17) is 5.73 Å². The van der Waals surface area contributed by atoms with E-state index in [1.807, 2.05) is 0 Å². The van der Waals surface area contributed by atoms with E-state index in [-0.39, 0.29) is 0 Å². The van der Waals surface area contributed by atoms with Crippen LogP contribution in [0.3, 0.4) is 0 Å². The first-order chi connectivity index (χ1) is 6.04. The fourth-order valence-corrected chi connectivity index (χ4v) is 2.55. The van der Waals surface area contributed by atoms with Crippen molar-refractivity contribution in [3.63, 3.8) is 0 Å². The van der Waals surface area contributed by atoms with Crippen LogP contribution in [0.15, 0.2) is 0 Å². The summed E-state index contributed by atoms with van der Waals surface area (Å²) in [6.07, 6.45) is 6.93. The van der Waals surface area contributed by atoms with Gasteiger partial charge in [-0.1, -0.05) is 33.6 Å². The summed E-state index contributed by atoms with van der Waals surface area (Å²) in [6.45, 7) is 8.01. The van der Waals surface area contributed by atoms with Gasteiger partial charge in [0.1, 0.15) is 0 Å².